The summed E-state index contributed by atoms with van der Waals surface area (Å²) < 4.78 is 2.08. The Kier molecular flexibility index (Phi) is 2.38. The van der Waals surface area contributed by atoms with Crippen molar-refractivity contribution in [2.75, 3.05) is 6.54 Å². The molecule has 0 aromatic carbocycles. The molecule has 0 saturated carbocycles. The predicted octanol–water partition coefficient (Wildman–Crippen LogP) is 1.91. The van der Waals surface area contributed by atoms with Crippen molar-refractivity contribution in [2.24, 2.45) is 10.7 Å². The van der Waals surface area contributed by atoms with Gasteiger partial charge in [-0.15, -0.1) is 11.3 Å². The highest BCUT2D eigenvalue weighted by molar-refractivity contribution is 7.16. The zero-order valence-electron chi connectivity index (χ0n) is 9.29. The Labute approximate surface area is 102 Å². The van der Waals surface area contributed by atoms with Crippen molar-refractivity contribution in [3.63, 3.8) is 0 Å². The van der Waals surface area contributed by atoms with Gasteiger partial charge in [0.1, 0.15) is 10.3 Å². The van der Waals surface area contributed by atoms with Crippen LogP contribution in [0.1, 0.15) is 5.69 Å². The highest BCUT2D eigenvalue weighted by Gasteiger charge is 2.11. The van der Waals surface area contributed by atoms with Crippen molar-refractivity contribution in [3.05, 3.63) is 23.3 Å². The fourth-order valence-electron chi connectivity index (χ4n) is 1.79. The standard InChI is InChI=1S/C11H11N5S/c1-7-6-14-10-9(13-4-3-12)15-8-2-5-17-11(8)16(7)10/h2,4-6H,3,12H2,1H3. The molecule has 3 aromatic heterocycles. The van der Waals surface area contributed by atoms with E-state index in [2.05, 4.69) is 19.4 Å². The van der Waals surface area contributed by atoms with Crippen LogP contribution in [0, 0.1) is 6.92 Å². The van der Waals surface area contributed by atoms with Gasteiger partial charge in [0, 0.05) is 24.7 Å². The quantitative estimate of drug-likeness (QED) is 0.701. The van der Waals surface area contributed by atoms with Crippen LogP contribution in [0.15, 0.2) is 22.6 Å². The second kappa shape index (κ2) is 3.90. The molecular weight excluding hydrogens is 234 g/mol. The maximum Gasteiger partial charge on any atom is 0.196 e. The minimum Gasteiger partial charge on any atom is -0.326 e. The molecule has 0 aliphatic rings. The lowest BCUT2D eigenvalue weighted by molar-refractivity contribution is 1.15. The summed E-state index contributed by atoms with van der Waals surface area (Å²) in [5.74, 6) is 0.620. The highest BCUT2D eigenvalue weighted by atomic mass is 32.1. The van der Waals surface area contributed by atoms with Crippen LogP contribution in [0.4, 0.5) is 5.82 Å². The summed E-state index contributed by atoms with van der Waals surface area (Å²) in [4.78, 5) is 14.2. The lowest BCUT2D eigenvalue weighted by Crippen LogP contribution is -1.99. The van der Waals surface area contributed by atoms with Gasteiger partial charge in [-0.25, -0.2) is 15.0 Å². The van der Waals surface area contributed by atoms with Gasteiger partial charge in [0.15, 0.2) is 11.5 Å². The first-order valence-corrected chi connectivity index (χ1v) is 6.13. The number of hydrogen-bond donors (Lipinski definition) is 1. The number of aromatic nitrogens is 3. The molecule has 86 valence electrons. The zero-order valence-corrected chi connectivity index (χ0v) is 10.1. The number of fused-ring (bicyclic) bond motifs is 3. The van der Waals surface area contributed by atoms with Crippen molar-refractivity contribution in [3.8, 4) is 0 Å². The lowest BCUT2D eigenvalue weighted by atomic mass is 10.4. The summed E-state index contributed by atoms with van der Waals surface area (Å²) >= 11 is 1.65. The summed E-state index contributed by atoms with van der Waals surface area (Å²) in [7, 11) is 0. The van der Waals surface area contributed by atoms with Crippen LogP contribution in [0.3, 0.4) is 0 Å². The molecule has 0 atom stereocenters. The molecule has 0 spiro atoms. The fourth-order valence-corrected chi connectivity index (χ4v) is 2.68. The van der Waals surface area contributed by atoms with Crippen molar-refractivity contribution in [1.82, 2.24) is 14.4 Å². The number of thiophene rings is 1. The highest BCUT2D eigenvalue weighted by Crippen LogP contribution is 2.27. The zero-order chi connectivity index (χ0) is 11.8. The first kappa shape index (κ1) is 10.4. The fraction of sp³-hybridized carbons (Fsp3) is 0.182. The number of nitrogens with zero attached hydrogens (tertiary/aromatic N) is 4. The van der Waals surface area contributed by atoms with Crippen LogP contribution in [-0.4, -0.2) is 27.1 Å². The third-order valence-corrected chi connectivity index (χ3v) is 3.40. The summed E-state index contributed by atoms with van der Waals surface area (Å²) in [5.41, 5.74) is 8.22. The van der Waals surface area contributed by atoms with E-state index in [-0.39, 0.29) is 0 Å². The van der Waals surface area contributed by atoms with Crippen LogP contribution in [-0.2, 0) is 0 Å². The number of imidazole rings is 1. The molecule has 5 nitrogen and oxygen atoms in total. The lowest BCUT2D eigenvalue weighted by Gasteiger charge is -2.01. The molecule has 2 N–H and O–H groups in total. The Morgan fingerprint density at radius 2 is 2.47 bits per heavy atom. The molecule has 6 heteroatoms. The molecule has 0 aliphatic carbocycles. The molecule has 17 heavy (non-hydrogen) atoms. The van der Waals surface area contributed by atoms with Crippen LogP contribution in [0.2, 0.25) is 0 Å². The topological polar surface area (TPSA) is 68.6 Å². The maximum atomic E-state index is 5.42. The number of nitrogens with two attached hydrogens (primary N) is 1. The number of aliphatic imine (C=N–C) groups is 1. The van der Waals surface area contributed by atoms with Gasteiger partial charge < -0.3 is 5.73 Å². The van der Waals surface area contributed by atoms with Crippen molar-refractivity contribution >= 4 is 39.4 Å². The first-order valence-electron chi connectivity index (χ1n) is 5.25. The van der Waals surface area contributed by atoms with Crippen LogP contribution < -0.4 is 5.73 Å². The SMILES string of the molecule is Cc1cnc2c(N=CCN)nc3ccsc3n12. The Hall–Kier alpha value is -1.79. The molecule has 0 bridgehead atoms. The van der Waals surface area contributed by atoms with Gasteiger partial charge in [-0.2, -0.15) is 0 Å². The Morgan fingerprint density at radius 3 is 3.29 bits per heavy atom. The molecule has 3 rings (SSSR count). The average Bonchev–Trinajstić information content (AvgIpc) is 2.92. The third kappa shape index (κ3) is 1.53. The molecular formula is C11H11N5S. The summed E-state index contributed by atoms with van der Waals surface area (Å²) in [6.07, 6.45) is 3.47. The number of aryl methyl sites for hydroxylation is 1. The van der Waals surface area contributed by atoms with E-state index < -0.39 is 0 Å². The predicted molar refractivity (Wildman–Crippen MR) is 70.3 cm³/mol. The molecule has 0 saturated heterocycles. The van der Waals surface area contributed by atoms with E-state index >= 15 is 0 Å². The largest absolute Gasteiger partial charge is 0.326 e. The van der Waals surface area contributed by atoms with E-state index in [1.165, 1.54) is 0 Å². The van der Waals surface area contributed by atoms with E-state index in [1.54, 1.807) is 17.6 Å². The van der Waals surface area contributed by atoms with E-state index in [0.29, 0.717) is 12.4 Å². The van der Waals surface area contributed by atoms with Crippen LogP contribution in [0.25, 0.3) is 16.0 Å². The minimum atomic E-state index is 0.398. The second-order valence-corrected chi connectivity index (χ2v) is 4.55. The molecule has 0 amide bonds. The van der Waals surface area contributed by atoms with E-state index in [0.717, 1.165) is 21.7 Å². The van der Waals surface area contributed by atoms with Gasteiger partial charge in [-0.1, -0.05) is 0 Å². The van der Waals surface area contributed by atoms with Gasteiger partial charge in [0.05, 0.1) is 0 Å². The van der Waals surface area contributed by atoms with Gasteiger partial charge in [-0.3, -0.25) is 4.40 Å². The van der Waals surface area contributed by atoms with Crippen molar-refractivity contribution in [1.29, 1.82) is 0 Å². The Bertz CT molecular complexity index is 709. The molecule has 0 fully saturated rings. The molecule has 0 aliphatic heterocycles. The number of rotatable bonds is 2. The van der Waals surface area contributed by atoms with Crippen LogP contribution in [0.5, 0.6) is 0 Å². The van der Waals surface area contributed by atoms with Crippen molar-refractivity contribution in [2.45, 2.75) is 6.92 Å². The molecule has 3 aromatic rings. The average molecular weight is 245 g/mol. The molecule has 3 heterocycles. The Balaban J connectivity index is 2.43. The Morgan fingerprint density at radius 1 is 1.59 bits per heavy atom. The van der Waals surface area contributed by atoms with Gasteiger partial charge in [0.2, 0.25) is 0 Å². The van der Waals surface area contributed by atoms with E-state index in [9.17, 15) is 0 Å². The number of hydrogen-bond acceptors (Lipinski definition) is 5. The van der Waals surface area contributed by atoms with Gasteiger partial charge in [0.25, 0.3) is 0 Å². The smallest absolute Gasteiger partial charge is 0.196 e. The first-order chi connectivity index (χ1) is 8.31. The normalized spacial score (nSPS) is 12.1. The van der Waals surface area contributed by atoms with Crippen LogP contribution >= 0.6 is 11.3 Å². The van der Waals surface area contributed by atoms with Gasteiger partial charge >= 0.3 is 0 Å². The second-order valence-electron chi connectivity index (χ2n) is 3.65. The van der Waals surface area contributed by atoms with E-state index in [1.807, 2.05) is 24.6 Å². The van der Waals surface area contributed by atoms with E-state index in [4.69, 9.17) is 5.73 Å². The third-order valence-electron chi connectivity index (χ3n) is 2.51. The summed E-state index contributed by atoms with van der Waals surface area (Å²) in [6, 6.07) is 1.99. The minimum absolute atomic E-state index is 0.398. The molecule has 0 radical (unpaired) electrons. The van der Waals surface area contributed by atoms with Crippen molar-refractivity contribution < 1.29 is 0 Å². The molecule has 0 unspecified atom stereocenters. The monoisotopic (exact) mass is 245 g/mol. The maximum absolute atomic E-state index is 5.42. The van der Waals surface area contributed by atoms with Gasteiger partial charge in [-0.05, 0) is 18.4 Å². The summed E-state index contributed by atoms with van der Waals surface area (Å²) in [6.45, 7) is 2.42. The summed E-state index contributed by atoms with van der Waals surface area (Å²) in [5, 5.41) is 2.02.